The molecule has 0 aliphatic carbocycles. The fraction of sp³-hybridized carbons (Fsp3) is 0.286. The maximum Gasteiger partial charge on any atom is 0.153 e. The van der Waals surface area contributed by atoms with E-state index in [0.717, 1.165) is 28.6 Å². The van der Waals surface area contributed by atoms with E-state index in [0.29, 0.717) is 22.9 Å². The molecule has 0 atom stereocenters. The Hall–Kier alpha value is -1.33. The number of ether oxygens (including phenoxy) is 1. The van der Waals surface area contributed by atoms with E-state index < -0.39 is 0 Å². The van der Waals surface area contributed by atoms with Crippen LogP contribution in [0.1, 0.15) is 28.7 Å². The first-order valence-corrected chi connectivity index (χ1v) is 7.31. The Morgan fingerprint density at radius 3 is 2.85 bits per heavy atom. The van der Waals surface area contributed by atoms with Crippen LogP contribution in [0.3, 0.4) is 0 Å². The minimum Gasteiger partial charge on any atom is -0.487 e. The van der Waals surface area contributed by atoms with Gasteiger partial charge < -0.3 is 4.74 Å². The van der Waals surface area contributed by atoms with E-state index in [1.54, 1.807) is 22.9 Å². The molecule has 4 nitrogen and oxygen atoms in total. The molecule has 0 saturated heterocycles. The highest BCUT2D eigenvalue weighted by atomic mass is 79.9. The number of aryl methyl sites for hydroxylation is 2. The Labute approximate surface area is 130 Å². The first-order valence-electron chi connectivity index (χ1n) is 6.14. The minimum absolute atomic E-state index is 0.326. The molecule has 0 fully saturated rings. The molecule has 1 aromatic heterocycles. The van der Waals surface area contributed by atoms with Crippen molar-refractivity contribution in [2.24, 2.45) is 7.05 Å². The predicted molar refractivity (Wildman–Crippen MR) is 81.5 cm³/mol. The zero-order valence-corrected chi connectivity index (χ0v) is 13.5. The van der Waals surface area contributed by atoms with Crippen LogP contribution in [0.2, 0.25) is 5.02 Å². The lowest BCUT2D eigenvalue weighted by Gasteiger charge is -2.09. The highest BCUT2D eigenvalue weighted by molar-refractivity contribution is 9.10. The van der Waals surface area contributed by atoms with Gasteiger partial charge in [0.2, 0.25) is 0 Å². The van der Waals surface area contributed by atoms with Crippen LogP contribution in [0.15, 0.2) is 22.7 Å². The summed E-state index contributed by atoms with van der Waals surface area (Å²) in [5, 5.41) is 4.91. The van der Waals surface area contributed by atoms with Crippen LogP contribution in [0.5, 0.6) is 5.75 Å². The lowest BCUT2D eigenvalue weighted by Crippen LogP contribution is -2.04. The Morgan fingerprint density at radius 1 is 1.50 bits per heavy atom. The number of aldehydes is 1. The summed E-state index contributed by atoms with van der Waals surface area (Å²) in [6, 6.07) is 4.97. The van der Waals surface area contributed by atoms with Gasteiger partial charge in [-0.05, 0) is 40.5 Å². The highest BCUT2D eigenvalue weighted by Gasteiger charge is 2.13. The molecule has 2 rings (SSSR count). The number of benzene rings is 1. The second-order valence-corrected chi connectivity index (χ2v) is 5.50. The Balaban J connectivity index is 2.21. The van der Waals surface area contributed by atoms with Crippen LogP contribution in [0, 0.1) is 0 Å². The van der Waals surface area contributed by atoms with Crippen molar-refractivity contribution in [3.63, 3.8) is 0 Å². The first kappa shape index (κ1) is 15.1. The van der Waals surface area contributed by atoms with Gasteiger partial charge in [-0.15, -0.1) is 0 Å². The molecule has 2 aromatic rings. The molecule has 106 valence electrons. The van der Waals surface area contributed by atoms with Gasteiger partial charge in [0.25, 0.3) is 0 Å². The summed E-state index contributed by atoms with van der Waals surface area (Å²) in [5.41, 5.74) is 2.35. The monoisotopic (exact) mass is 356 g/mol. The topological polar surface area (TPSA) is 44.1 Å². The van der Waals surface area contributed by atoms with Crippen molar-refractivity contribution in [2.75, 3.05) is 0 Å². The van der Waals surface area contributed by atoms with Crippen LogP contribution in [0.4, 0.5) is 0 Å². The molecule has 0 N–H and O–H groups in total. The number of hydrogen-bond acceptors (Lipinski definition) is 3. The Kier molecular flexibility index (Phi) is 4.83. The van der Waals surface area contributed by atoms with E-state index in [-0.39, 0.29) is 0 Å². The van der Waals surface area contributed by atoms with E-state index >= 15 is 0 Å². The van der Waals surface area contributed by atoms with Crippen LogP contribution in [0.25, 0.3) is 0 Å². The third-order valence-electron chi connectivity index (χ3n) is 2.97. The molecule has 0 radical (unpaired) electrons. The van der Waals surface area contributed by atoms with Gasteiger partial charge in [-0.2, -0.15) is 5.10 Å². The van der Waals surface area contributed by atoms with Crippen LogP contribution < -0.4 is 4.74 Å². The average Bonchev–Trinajstić information content (AvgIpc) is 2.72. The average molecular weight is 358 g/mol. The highest BCUT2D eigenvalue weighted by Crippen LogP contribution is 2.25. The van der Waals surface area contributed by atoms with Crippen molar-refractivity contribution in [1.82, 2.24) is 9.78 Å². The lowest BCUT2D eigenvalue weighted by molar-refractivity contribution is 0.111. The van der Waals surface area contributed by atoms with Gasteiger partial charge in [0.1, 0.15) is 12.4 Å². The molecule has 0 aliphatic heterocycles. The molecule has 0 aliphatic rings. The van der Waals surface area contributed by atoms with Crippen molar-refractivity contribution < 1.29 is 9.53 Å². The summed E-state index contributed by atoms with van der Waals surface area (Å²) in [7, 11) is 1.87. The van der Waals surface area contributed by atoms with Gasteiger partial charge in [0.15, 0.2) is 6.29 Å². The fourth-order valence-electron chi connectivity index (χ4n) is 1.87. The number of halogens is 2. The van der Waals surface area contributed by atoms with Crippen LogP contribution >= 0.6 is 27.5 Å². The first-order chi connectivity index (χ1) is 9.56. The zero-order valence-electron chi connectivity index (χ0n) is 11.2. The summed E-state index contributed by atoms with van der Waals surface area (Å²) in [5.74, 6) is 0.510. The van der Waals surface area contributed by atoms with Gasteiger partial charge in [-0.3, -0.25) is 9.48 Å². The van der Waals surface area contributed by atoms with E-state index in [4.69, 9.17) is 16.3 Å². The Morgan fingerprint density at radius 2 is 2.25 bits per heavy atom. The summed E-state index contributed by atoms with van der Waals surface area (Å²) in [6.07, 6.45) is 1.58. The third kappa shape index (κ3) is 3.04. The largest absolute Gasteiger partial charge is 0.487 e. The second-order valence-electron chi connectivity index (χ2n) is 4.27. The van der Waals surface area contributed by atoms with Crippen LogP contribution in [-0.2, 0) is 20.1 Å². The predicted octanol–water partition coefficient (Wildman–Crippen LogP) is 3.79. The molecule has 0 saturated carbocycles. The van der Waals surface area contributed by atoms with Crippen molar-refractivity contribution in [3.8, 4) is 5.75 Å². The van der Waals surface area contributed by atoms with Gasteiger partial charge in [-0.1, -0.05) is 18.5 Å². The van der Waals surface area contributed by atoms with E-state index in [2.05, 4.69) is 21.0 Å². The number of aromatic nitrogens is 2. The van der Waals surface area contributed by atoms with Crippen molar-refractivity contribution >= 4 is 33.8 Å². The smallest absolute Gasteiger partial charge is 0.153 e. The Bertz CT molecular complexity index is 640. The van der Waals surface area contributed by atoms with Crippen LogP contribution in [-0.4, -0.2) is 16.1 Å². The summed E-state index contributed by atoms with van der Waals surface area (Å²) in [4.78, 5) is 11.0. The SMILES string of the molecule is CCc1nn(C)c(COc2ccc(Cl)cc2C=O)c1Br. The second kappa shape index (κ2) is 6.41. The van der Waals surface area contributed by atoms with E-state index in [1.165, 1.54) is 0 Å². The summed E-state index contributed by atoms with van der Waals surface area (Å²) in [6.45, 7) is 2.37. The maximum atomic E-state index is 11.0. The van der Waals surface area contributed by atoms with Gasteiger partial charge >= 0.3 is 0 Å². The molecule has 0 bridgehead atoms. The molecule has 20 heavy (non-hydrogen) atoms. The van der Waals surface area contributed by atoms with E-state index in [9.17, 15) is 4.79 Å². The summed E-state index contributed by atoms with van der Waals surface area (Å²) >= 11 is 9.38. The minimum atomic E-state index is 0.326. The maximum absolute atomic E-state index is 11.0. The molecule has 0 unspecified atom stereocenters. The number of carbonyl (C=O) groups excluding carboxylic acids is 1. The standard InChI is InChI=1S/C14H14BrClN2O2/c1-3-11-14(15)12(18(2)17-11)8-20-13-5-4-10(16)6-9(13)7-19/h4-7H,3,8H2,1-2H3. The van der Waals surface area contributed by atoms with Gasteiger partial charge in [-0.25, -0.2) is 0 Å². The molecule has 6 heteroatoms. The molecule has 1 heterocycles. The molecule has 1 aromatic carbocycles. The number of nitrogens with zero attached hydrogens (tertiary/aromatic N) is 2. The molecular weight excluding hydrogens is 344 g/mol. The van der Waals surface area contributed by atoms with Gasteiger partial charge in [0.05, 0.1) is 21.4 Å². The molecule has 0 amide bonds. The van der Waals surface area contributed by atoms with Crippen molar-refractivity contribution in [1.29, 1.82) is 0 Å². The van der Waals surface area contributed by atoms with Gasteiger partial charge in [0, 0.05) is 12.1 Å². The quantitative estimate of drug-likeness (QED) is 0.765. The third-order valence-corrected chi connectivity index (χ3v) is 4.12. The fourth-order valence-corrected chi connectivity index (χ4v) is 2.78. The zero-order chi connectivity index (χ0) is 14.7. The number of rotatable bonds is 5. The molecular formula is C14H14BrClN2O2. The van der Waals surface area contributed by atoms with Crippen molar-refractivity contribution in [2.45, 2.75) is 20.0 Å². The number of hydrogen-bond donors (Lipinski definition) is 0. The lowest BCUT2D eigenvalue weighted by atomic mass is 10.2. The van der Waals surface area contributed by atoms with E-state index in [1.807, 2.05) is 14.0 Å². The number of carbonyl (C=O) groups is 1. The van der Waals surface area contributed by atoms with Crippen molar-refractivity contribution in [3.05, 3.63) is 44.6 Å². The molecule has 0 spiro atoms. The normalized spacial score (nSPS) is 10.6. The summed E-state index contributed by atoms with van der Waals surface area (Å²) < 4.78 is 8.43.